The molecule has 0 spiro atoms. The van der Waals surface area contributed by atoms with Crippen LogP contribution in [0.1, 0.15) is 11.4 Å². The Labute approximate surface area is 139 Å². The van der Waals surface area contributed by atoms with Gasteiger partial charge in [0.15, 0.2) is 0 Å². The van der Waals surface area contributed by atoms with Gasteiger partial charge in [0.1, 0.15) is 18.2 Å². The minimum absolute atomic E-state index is 0.0612. The van der Waals surface area contributed by atoms with Gasteiger partial charge in [-0.2, -0.15) is 0 Å². The van der Waals surface area contributed by atoms with Crippen molar-refractivity contribution in [3.05, 3.63) is 65.7 Å². The second-order valence-corrected chi connectivity index (χ2v) is 5.55. The predicted molar refractivity (Wildman–Crippen MR) is 87.7 cm³/mol. The van der Waals surface area contributed by atoms with Crippen LogP contribution in [0, 0.1) is 5.82 Å². The number of imidazole rings is 1. The van der Waals surface area contributed by atoms with Gasteiger partial charge in [-0.05, 0) is 18.2 Å². The highest BCUT2D eigenvalue weighted by Crippen LogP contribution is 2.17. The molecule has 0 radical (unpaired) electrons. The number of rotatable bonds is 7. The van der Waals surface area contributed by atoms with Gasteiger partial charge in [-0.1, -0.05) is 30.3 Å². The first kappa shape index (κ1) is 16.6. The summed E-state index contributed by atoms with van der Waals surface area (Å²) in [6.45, 7) is 0.193. The molecule has 0 saturated carbocycles. The lowest BCUT2D eigenvalue weighted by Gasteiger charge is -2.14. The van der Waals surface area contributed by atoms with Gasteiger partial charge in [0.25, 0.3) is 0 Å². The van der Waals surface area contributed by atoms with Crippen LogP contribution >= 0.6 is 0 Å². The number of hydrogen-bond donors (Lipinski definition) is 2. The molecule has 1 aromatic heterocycles. The summed E-state index contributed by atoms with van der Waals surface area (Å²) in [6, 6.07) is 13.9. The maximum atomic E-state index is 13.5. The number of aromatic nitrogens is 2. The van der Waals surface area contributed by atoms with E-state index in [4.69, 9.17) is 4.74 Å². The van der Waals surface area contributed by atoms with Crippen LogP contribution in [-0.4, -0.2) is 32.5 Å². The van der Waals surface area contributed by atoms with Gasteiger partial charge in [0, 0.05) is 5.56 Å². The molecule has 3 rings (SSSR count). The number of fused-ring (bicyclic) bond motifs is 1. The topological polar surface area (TPSA) is 67.5 Å². The van der Waals surface area contributed by atoms with E-state index in [0.29, 0.717) is 11.4 Å². The van der Waals surface area contributed by atoms with Gasteiger partial charge in [0.05, 0.1) is 36.9 Å². The number of aliphatic hydroxyl groups is 2. The first-order chi connectivity index (χ1) is 11.7. The van der Waals surface area contributed by atoms with Gasteiger partial charge in [-0.15, -0.1) is 0 Å². The number of nitrogens with zero attached hydrogens (tertiary/aromatic N) is 2. The number of hydrogen-bond acceptors (Lipinski definition) is 4. The third-order valence-electron chi connectivity index (χ3n) is 3.79. The lowest BCUT2D eigenvalue weighted by molar-refractivity contribution is 0.0192. The molecule has 0 aliphatic heterocycles. The quantitative estimate of drug-likeness (QED) is 0.697. The molecule has 0 bridgehead atoms. The molecule has 1 atom stereocenters. The van der Waals surface area contributed by atoms with Gasteiger partial charge in [0.2, 0.25) is 0 Å². The molecule has 0 aliphatic carbocycles. The number of benzene rings is 2. The van der Waals surface area contributed by atoms with Crippen molar-refractivity contribution in [2.45, 2.75) is 25.9 Å². The molecule has 0 saturated heterocycles. The summed E-state index contributed by atoms with van der Waals surface area (Å²) >= 11 is 0. The van der Waals surface area contributed by atoms with E-state index in [9.17, 15) is 14.6 Å². The molecular formula is C18H19FN2O3. The summed E-state index contributed by atoms with van der Waals surface area (Å²) in [7, 11) is 0. The van der Waals surface area contributed by atoms with E-state index >= 15 is 0 Å². The van der Waals surface area contributed by atoms with E-state index in [1.807, 2.05) is 24.3 Å². The molecule has 126 valence electrons. The molecular weight excluding hydrogens is 311 g/mol. The first-order valence-electron chi connectivity index (χ1n) is 7.73. The zero-order valence-electron chi connectivity index (χ0n) is 13.1. The molecule has 0 fully saturated rings. The second kappa shape index (κ2) is 7.53. The highest BCUT2D eigenvalue weighted by atomic mass is 19.1. The van der Waals surface area contributed by atoms with Crippen LogP contribution in [0.5, 0.6) is 0 Å². The number of aliphatic hydroxyl groups excluding tert-OH is 2. The van der Waals surface area contributed by atoms with Crippen LogP contribution in [0.25, 0.3) is 11.0 Å². The summed E-state index contributed by atoms with van der Waals surface area (Å²) in [5.74, 6) is 0.166. The van der Waals surface area contributed by atoms with Crippen LogP contribution in [0.15, 0.2) is 48.5 Å². The normalized spacial score (nSPS) is 12.6. The van der Waals surface area contributed by atoms with Crippen LogP contribution in [0.3, 0.4) is 0 Å². The Bertz CT molecular complexity index is 819. The molecule has 2 aromatic carbocycles. The van der Waals surface area contributed by atoms with Crippen molar-refractivity contribution >= 4 is 11.0 Å². The average molecular weight is 330 g/mol. The largest absolute Gasteiger partial charge is 0.389 e. The predicted octanol–water partition coefficient (Wildman–Crippen LogP) is 2.25. The molecule has 0 aliphatic rings. The molecule has 6 heteroatoms. The lowest BCUT2D eigenvalue weighted by atomic mass is 10.2. The van der Waals surface area contributed by atoms with Crippen molar-refractivity contribution in [2.75, 3.05) is 6.61 Å². The number of para-hydroxylation sites is 2. The summed E-state index contributed by atoms with van der Waals surface area (Å²) in [4.78, 5) is 4.34. The maximum absolute atomic E-state index is 13.5. The van der Waals surface area contributed by atoms with Crippen LogP contribution in [0.4, 0.5) is 4.39 Å². The molecule has 24 heavy (non-hydrogen) atoms. The lowest BCUT2D eigenvalue weighted by Crippen LogP contribution is -2.23. The van der Waals surface area contributed by atoms with E-state index in [2.05, 4.69) is 4.98 Å². The Hall–Kier alpha value is -2.28. The monoisotopic (exact) mass is 330 g/mol. The fourth-order valence-electron chi connectivity index (χ4n) is 2.63. The summed E-state index contributed by atoms with van der Waals surface area (Å²) in [6.07, 6.45) is -0.792. The average Bonchev–Trinajstić information content (AvgIpc) is 2.94. The van der Waals surface area contributed by atoms with Crippen molar-refractivity contribution in [1.29, 1.82) is 0 Å². The minimum atomic E-state index is -0.792. The SMILES string of the molecule is OCc1nc2ccccc2n1C[C@@H](O)COCc1ccccc1F. The highest BCUT2D eigenvalue weighted by Gasteiger charge is 2.14. The number of ether oxygens (including phenoxy) is 1. The third kappa shape index (κ3) is 3.62. The Morgan fingerprint density at radius 3 is 2.67 bits per heavy atom. The van der Waals surface area contributed by atoms with Crippen LogP contribution in [-0.2, 0) is 24.5 Å². The molecule has 3 aromatic rings. The fraction of sp³-hybridized carbons (Fsp3) is 0.278. The van der Waals surface area contributed by atoms with Gasteiger partial charge in [-0.25, -0.2) is 9.37 Å². The van der Waals surface area contributed by atoms with Crippen molar-refractivity contribution in [1.82, 2.24) is 9.55 Å². The Morgan fingerprint density at radius 1 is 1.12 bits per heavy atom. The summed E-state index contributed by atoms with van der Waals surface area (Å²) in [5, 5.41) is 19.6. The van der Waals surface area contributed by atoms with E-state index in [1.165, 1.54) is 6.07 Å². The zero-order chi connectivity index (χ0) is 16.9. The minimum Gasteiger partial charge on any atom is -0.389 e. The van der Waals surface area contributed by atoms with Gasteiger partial charge >= 0.3 is 0 Å². The second-order valence-electron chi connectivity index (χ2n) is 5.55. The van der Waals surface area contributed by atoms with Gasteiger partial charge < -0.3 is 19.5 Å². The Morgan fingerprint density at radius 2 is 1.88 bits per heavy atom. The molecule has 5 nitrogen and oxygen atoms in total. The van der Waals surface area contributed by atoms with Crippen molar-refractivity contribution < 1.29 is 19.3 Å². The number of halogens is 1. The summed E-state index contributed by atoms with van der Waals surface area (Å²) in [5.41, 5.74) is 2.06. The van der Waals surface area contributed by atoms with Crippen molar-refractivity contribution in [3.63, 3.8) is 0 Å². The highest BCUT2D eigenvalue weighted by molar-refractivity contribution is 5.75. The maximum Gasteiger partial charge on any atom is 0.135 e. The Balaban J connectivity index is 1.63. The molecule has 0 unspecified atom stereocenters. The first-order valence-corrected chi connectivity index (χ1v) is 7.73. The zero-order valence-corrected chi connectivity index (χ0v) is 13.1. The smallest absolute Gasteiger partial charge is 0.135 e. The fourth-order valence-corrected chi connectivity index (χ4v) is 2.63. The van der Waals surface area contributed by atoms with E-state index in [-0.39, 0.29) is 32.2 Å². The molecule has 0 amide bonds. The van der Waals surface area contributed by atoms with Gasteiger partial charge in [-0.3, -0.25) is 0 Å². The van der Waals surface area contributed by atoms with Crippen molar-refractivity contribution in [3.8, 4) is 0 Å². The van der Waals surface area contributed by atoms with E-state index in [1.54, 1.807) is 22.8 Å². The summed E-state index contributed by atoms with van der Waals surface area (Å²) < 4.78 is 20.7. The molecule has 2 N–H and O–H groups in total. The standard InChI is InChI=1S/C18H19FN2O3/c19-15-6-2-1-5-13(15)11-24-12-14(23)9-21-17-8-4-3-7-16(17)20-18(21)10-22/h1-8,14,22-23H,9-12H2/t14-/m1/s1. The van der Waals surface area contributed by atoms with E-state index in [0.717, 1.165) is 11.0 Å². The Kier molecular flexibility index (Phi) is 5.20. The third-order valence-corrected chi connectivity index (χ3v) is 3.79. The van der Waals surface area contributed by atoms with E-state index < -0.39 is 6.10 Å². The van der Waals surface area contributed by atoms with Crippen molar-refractivity contribution in [2.24, 2.45) is 0 Å². The van der Waals surface area contributed by atoms with Crippen LogP contribution in [0.2, 0.25) is 0 Å². The van der Waals surface area contributed by atoms with Crippen LogP contribution < -0.4 is 0 Å². The molecule has 1 heterocycles.